The van der Waals surface area contributed by atoms with Gasteiger partial charge in [-0.15, -0.1) is 0 Å². The molecule has 26 heavy (non-hydrogen) atoms. The van der Waals surface area contributed by atoms with Gasteiger partial charge in [0.1, 0.15) is 13.2 Å². The minimum Gasteiger partial charge on any atom is -0.486 e. The molecular weight excluding hydrogens is 330 g/mol. The fourth-order valence-corrected chi connectivity index (χ4v) is 3.37. The largest absolute Gasteiger partial charge is 0.486 e. The average Bonchev–Trinajstić information content (AvgIpc) is 3.13. The van der Waals surface area contributed by atoms with Crippen molar-refractivity contribution in [1.29, 1.82) is 0 Å². The molecule has 0 amide bonds. The Kier molecular flexibility index (Phi) is 3.35. The van der Waals surface area contributed by atoms with Crippen molar-refractivity contribution in [3.05, 3.63) is 66.3 Å². The Labute approximate surface area is 149 Å². The number of aromatic nitrogens is 3. The normalized spacial score (nSPS) is 15.4. The van der Waals surface area contributed by atoms with E-state index in [9.17, 15) is 4.79 Å². The summed E-state index contributed by atoms with van der Waals surface area (Å²) < 4.78 is 12.7. The van der Waals surface area contributed by atoms with Crippen LogP contribution in [0.2, 0.25) is 0 Å². The maximum Gasteiger partial charge on any atom is 0.271 e. The van der Waals surface area contributed by atoms with Gasteiger partial charge >= 0.3 is 0 Å². The highest BCUT2D eigenvalue weighted by atomic mass is 16.6. The van der Waals surface area contributed by atoms with Gasteiger partial charge in [0.25, 0.3) is 5.91 Å². The molecule has 0 radical (unpaired) electrons. The van der Waals surface area contributed by atoms with Crippen molar-refractivity contribution >= 4 is 11.5 Å². The lowest BCUT2D eigenvalue weighted by Crippen LogP contribution is -2.19. The Morgan fingerprint density at radius 1 is 1.00 bits per heavy atom. The zero-order chi connectivity index (χ0) is 17.5. The number of allylic oxidation sites excluding steroid dienone is 2. The second-order valence-electron chi connectivity index (χ2n) is 6.20. The molecule has 5 rings (SSSR count). The molecule has 2 aliphatic rings. The van der Waals surface area contributed by atoms with E-state index >= 15 is 0 Å². The molecule has 3 aromatic rings. The summed E-state index contributed by atoms with van der Waals surface area (Å²) in [5.74, 6) is 1.31. The molecule has 128 valence electrons. The maximum atomic E-state index is 12.6. The number of hydrogen-bond acceptors (Lipinski definition) is 5. The molecule has 0 atom stereocenters. The lowest BCUT2D eigenvalue weighted by Gasteiger charge is -2.21. The van der Waals surface area contributed by atoms with Gasteiger partial charge in [-0.2, -0.15) is 5.10 Å². The first-order valence-corrected chi connectivity index (χ1v) is 8.42. The minimum atomic E-state index is -0.147. The highest BCUT2D eigenvalue weighted by Gasteiger charge is 2.24. The molecule has 2 aliphatic heterocycles. The van der Waals surface area contributed by atoms with Crippen LogP contribution in [0.5, 0.6) is 11.5 Å². The Balaban J connectivity index is 1.55. The van der Waals surface area contributed by atoms with Crippen molar-refractivity contribution in [2.24, 2.45) is 0 Å². The summed E-state index contributed by atoms with van der Waals surface area (Å²) in [5.41, 5.74) is 4.63. The summed E-state index contributed by atoms with van der Waals surface area (Å²) in [6.07, 6.45) is 7.48. The third-order valence-corrected chi connectivity index (χ3v) is 4.62. The smallest absolute Gasteiger partial charge is 0.271 e. The Hall–Kier alpha value is -3.41. The van der Waals surface area contributed by atoms with E-state index in [1.807, 2.05) is 30.3 Å². The van der Waals surface area contributed by atoms with Crippen LogP contribution in [0, 0.1) is 0 Å². The van der Waals surface area contributed by atoms with E-state index in [-0.39, 0.29) is 5.91 Å². The van der Waals surface area contributed by atoms with Crippen molar-refractivity contribution in [1.82, 2.24) is 14.8 Å². The van der Waals surface area contributed by atoms with Crippen LogP contribution in [0.25, 0.3) is 16.7 Å². The van der Waals surface area contributed by atoms with Crippen LogP contribution in [0.1, 0.15) is 16.1 Å². The van der Waals surface area contributed by atoms with Crippen LogP contribution in [-0.4, -0.2) is 33.9 Å². The molecule has 0 bridgehead atoms. The molecule has 4 heterocycles. The second kappa shape index (κ2) is 5.84. The van der Waals surface area contributed by atoms with Gasteiger partial charge in [0.15, 0.2) is 11.5 Å². The molecule has 1 aromatic carbocycles. The average molecular weight is 345 g/mol. The number of carbonyl (C=O) groups excluding carboxylic acids is 1. The number of pyridine rings is 1. The Morgan fingerprint density at radius 2 is 1.88 bits per heavy atom. The van der Waals surface area contributed by atoms with Crippen LogP contribution < -0.4 is 9.47 Å². The summed E-state index contributed by atoms with van der Waals surface area (Å²) in [6.45, 7) is 1.09. The van der Waals surface area contributed by atoms with Crippen LogP contribution >= 0.6 is 0 Å². The molecule has 0 saturated carbocycles. The van der Waals surface area contributed by atoms with Crippen LogP contribution in [0.4, 0.5) is 0 Å². The third-order valence-electron chi connectivity index (χ3n) is 4.62. The molecule has 0 saturated heterocycles. The summed E-state index contributed by atoms with van der Waals surface area (Å²) in [5, 5.41) is 4.26. The Bertz CT molecular complexity index is 1040. The van der Waals surface area contributed by atoms with Gasteiger partial charge in [0.2, 0.25) is 0 Å². The van der Waals surface area contributed by atoms with E-state index in [0.29, 0.717) is 25.4 Å². The lowest BCUT2D eigenvalue weighted by molar-refractivity contribution is 0.0949. The van der Waals surface area contributed by atoms with Crippen LogP contribution in [-0.2, 0) is 6.42 Å². The molecular formula is C20H15N3O3. The maximum absolute atomic E-state index is 12.6. The van der Waals surface area contributed by atoms with Gasteiger partial charge in [0, 0.05) is 36.0 Å². The first kappa shape index (κ1) is 14.9. The predicted octanol–water partition coefficient (Wildman–Crippen LogP) is 3.00. The van der Waals surface area contributed by atoms with Crippen molar-refractivity contribution in [2.75, 3.05) is 13.2 Å². The number of fused-ring (bicyclic) bond motifs is 2. The van der Waals surface area contributed by atoms with Crippen molar-refractivity contribution in [2.45, 2.75) is 6.42 Å². The van der Waals surface area contributed by atoms with E-state index < -0.39 is 0 Å². The summed E-state index contributed by atoms with van der Waals surface area (Å²) in [6, 6.07) is 9.63. The number of carbonyl (C=O) groups is 1. The van der Waals surface area contributed by atoms with E-state index in [2.05, 4.69) is 10.1 Å². The molecule has 0 N–H and O–H groups in total. The molecule has 2 aromatic heterocycles. The number of ether oxygens (including phenoxy) is 2. The van der Waals surface area contributed by atoms with Crippen molar-refractivity contribution < 1.29 is 14.3 Å². The highest BCUT2D eigenvalue weighted by Crippen LogP contribution is 2.36. The molecule has 6 nitrogen and oxygen atoms in total. The number of rotatable bonds is 2. The minimum absolute atomic E-state index is 0.147. The summed E-state index contributed by atoms with van der Waals surface area (Å²) >= 11 is 0. The monoisotopic (exact) mass is 345 g/mol. The number of nitrogens with zero attached hydrogens (tertiary/aromatic N) is 3. The molecule has 0 aliphatic carbocycles. The highest BCUT2D eigenvalue weighted by molar-refractivity contribution is 6.00. The summed E-state index contributed by atoms with van der Waals surface area (Å²) in [7, 11) is 0. The van der Waals surface area contributed by atoms with Gasteiger partial charge in [-0.3, -0.25) is 9.78 Å². The Morgan fingerprint density at radius 3 is 2.73 bits per heavy atom. The van der Waals surface area contributed by atoms with Crippen molar-refractivity contribution in [3.8, 4) is 22.6 Å². The molecule has 6 heteroatoms. The SMILES string of the molecule is O=C1C=C(c2ccc3c(c2)OCCO3)Cc2c(-c3cccnc3)cnn21. The predicted molar refractivity (Wildman–Crippen MR) is 95.2 cm³/mol. The van der Waals surface area contributed by atoms with Crippen molar-refractivity contribution in [3.63, 3.8) is 0 Å². The van der Waals surface area contributed by atoms with Gasteiger partial charge in [-0.25, -0.2) is 4.68 Å². The van der Waals surface area contributed by atoms with E-state index in [1.165, 1.54) is 4.68 Å². The summed E-state index contributed by atoms with van der Waals surface area (Å²) in [4.78, 5) is 16.7. The quantitative estimate of drug-likeness (QED) is 0.714. The van der Waals surface area contributed by atoms with Crippen LogP contribution in [0.15, 0.2) is 55.0 Å². The van der Waals surface area contributed by atoms with Crippen LogP contribution in [0.3, 0.4) is 0 Å². The number of benzene rings is 1. The fraction of sp³-hybridized carbons (Fsp3) is 0.150. The first-order chi connectivity index (χ1) is 12.8. The lowest BCUT2D eigenvalue weighted by atomic mass is 9.95. The van der Waals surface area contributed by atoms with Gasteiger partial charge in [-0.1, -0.05) is 12.1 Å². The molecule has 0 fully saturated rings. The molecule has 0 spiro atoms. The van der Waals surface area contributed by atoms with E-state index in [0.717, 1.165) is 33.7 Å². The first-order valence-electron chi connectivity index (χ1n) is 8.42. The van der Waals surface area contributed by atoms with E-state index in [1.54, 1.807) is 24.7 Å². The van der Waals surface area contributed by atoms with Gasteiger partial charge in [0.05, 0.1) is 11.9 Å². The topological polar surface area (TPSA) is 66.2 Å². The standard InChI is InChI=1S/C20H15N3O3/c24-20-10-15(13-3-4-18-19(9-13)26-7-6-25-18)8-17-16(12-22-23(17)20)14-2-1-5-21-11-14/h1-5,9-12H,6-8H2. The van der Waals surface area contributed by atoms with Gasteiger partial charge < -0.3 is 9.47 Å². The fourth-order valence-electron chi connectivity index (χ4n) is 3.37. The zero-order valence-electron chi connectivity index (χ0n) is 13.9. The molecule has 0 unspecified atom stereocenters. The van der Waals surface area contributed by atoms with Gasteiger partial charge in [-0.05, 0) is 29.3 Å². The number of hydrogen-bond donors (Lipinski definition) is 0. The second-order valence-corrected chi connectivity index (χ2v) is 6.20. The van der Waals surface area contributed by atoms with E-state index in [4.69, 9.17) is 9.47 Å². The zero-order valence-corrected chi connectivity index (χ0v) is 13.9. The third kappa shape index (κ3) is 2.38.